The van der Waals surface area contributed by atoms with Crippen molar-refractivity contribution in [3.05, 3.63) is 71.9 Å². The highest BCUT2D eigenvalue weighted by Gasteiger charge is 2.11. The van der Waals surface area contributed by atoms with Gasteiger partial charge in [0.05, 0.1) is 28.7 Å². The largest absolute Gasteiger partial charge is 0.370 e. The van der Waals surface area contributed by atoms with Crippen LogP contribution >= 0.6 is 0 Å². The van der Waals surface area contributed by atoms with Gasteiger partial charge >= 0.3 is 0 Å². The molecule has 3 heterocycles. The summed E-state index contributed by atoms with van der Waals surface area (Å²) in [4.78, 5) is 25.3. The number of nitrogens with zero attached hydrogens (tertiary/aromatic N) is 5. The van der Waals surface area contributed by atoms with E-state index in [1.54, 1.807) is 25.5 Å². The van der Waals surface area contributed by atoms with Crippen LogP contribution in [-0.4, -0.2) is 44.6 Å². The Hall–Kier alpha value is -3.94. The summed E-state index contributed by atoms with van der Waals surface area (Å²) in [5.74, 6) is 0.612. The van der Waals surface area contributed by atoms with Gasteiger partial charge in [0.1, 0.15) is 12.1 Å². The predicted molar refractivity (Wildman–Crippen MR) is 115 cm³/mol. The van der Waals surface area contributed by atoms with Crippen LogP contribution in [0.15, 0.2) is 55.1 Å². The van der Waals surface area contributed by atoms with E-state index in [1.165, 1.54) is 6.33 Å². The molecule has 1 amide bonds. The van der Waals surface area contributed by atoms with Gasteiger partial charge in [-0.1, -0.05) is 18.2 Å². The molecule has 3 aromatic heterocycles. The van der Waals surface area contributed by atoms with Gasteiger partial charge in [0.25, 0.3) is 5.91 Å². The molecule has 0 aliphatic heterocycles. The number of rotatable bonds is 6. The second kappa shape index (κ2) is 8.60. The van der Waals surface area contributed by atoms with Gasteiger partial charge in [-0.25, -0.2) is 9.97 Å². The van der Waals surface area contributed by atoms with Crippen molar-refractivity contribution in [3.8, 4) is 11.3 Å². The lowest BCUT2D eigenvalue weighted by molar-refractivity contribution is 0.0964. The van der Waals surface area contributed by atoms with Crippen LogP contribution in [0.5, 0.6) is 0 Å². The number of hydrogen-bond acceptors (Lipinski definition) is 7. The van der Waals surface area contributed by atoms with E-state index >= 15 is 0 Å². The fourth-order valence-electron chi connectivity index (χ4n) is 3.32. The Morgan fingerprint density at radius 3 is 2.83 bits per heavy atom. The Kier molecular flexibility index (Phi) is 5.56. The Balaban J connectivity index is 1.51. The number of benzene rings is 1. The highest BCUT2D eigenvalue weighted by atomic mass is 16.1. The zero-order valence-electron chi connectivity index (χ0n) is 16.8. The molecule has 4 rings (SSSR count). The predicted octanol–water partition coefficient (Wildman–Crippen LogP) is 2.80. The number of nitrogens with one attached hydrogen (secondary N) is 2. The molecule has 30 heavy (non-hydrogen) atoms. The Morgan fingerprint density at radius 1 is 1.10 bits per heavy atom. The lowest BCUT2D eigenvalue weighted by atomic mass is 10.0. The van der Waals surface area contributed by atoms with E-state index in [4.69, 9.17) is 0 Å². The second-order valence-corrected chi connectivity index (χ2v) is 6.80. The number of hydrogen-bond donors (Lipinski definition) is 2. The number of aryl methyl sites for hydroxylation is 1. The van der Waals surface area contributed by atoms with Crippen molar-refractivity contribution in [3.63, 3.8) is 0 Å². The first-order valence-electron chi connectivity index (χ1n) is 9.60. The van der Waals surface area contributed by atoms with E-state index in [9.17, 15) is 4.79 Å². The van der Waals surface area contributed by atoms with Crippen LogP contribution in [0.25, 0.3) is 22.2 Å². The maximum absolute atomic E-state index is 12.1. The number of pyridine rings is 1. The number of anilines is 1. The second-order valence-electron chi connectivity index (χ2n) is 6.80. The monoisotopic (exact) mass is 399 g/mol. The molecule has 2 N–H and O–H groups in total. The van der Waals surface area contributed by atoms with Gasteiger partial charge < -0.3 is 10.6 Å². The molecule has 0 bridgehead atoms. The van der Waals surface area contributed by atoms with Crippen LogP contribution < -0.4 is 10.6 Å². The SMILES string of the molecule is CNC(=O)c1ccnc2c(CCNc3cc(-c4cnnc(C)c4)ncn3)cccc12. The summed E-state index contributed by atoms with van der Waals surface area (Å²) in [6, 6.07) is 11.5. The molecule has 0 radical (unpaired) electrons. The standard InChI is InChI=1S/C22H21N7O/c1-14-10-16(12-28-29-14)19-11-20(27-13-26-19)24-8-6-15-4-3-5-17-18(22(30)23-2)7-9-25-21(15)17/h3-5,7,9-13H,6,8H2,1-2H3,(H,23,30)(H,24,26,27). The summed E-state index contributed by atoms with van der Waals surface area (Å²) >= 11 is 0. The third-order valence-corrected chi connectivity index (χ3v) is 4.77. The van der Waals surface area contributed by atoms with E-state index < -0.39 is 0 Å². The van der Waals surface area contributed by atoms with Crippen LogP contribution in [0.2, 0.25) is 0 Å². The van der Waals surface area contributed by atoms with Gasteiger partial charge in [0.2, 0.25) is 0 Å². The lowest BCUT2D eigenvalue weighted by Gasteiger charge is -2.10. The fraction of sp³-hybridized carbons (Fsp3) is 0.182. The fourth-order valence-corrected chi connectivity index (χ4v) is 3.32. The highest BCUT2D eigenvalue weighted by molar-refractivity contribution is 6.06. The van der Waals surface area contributed by atoms with E-state index in [1.807, 2.05) is 37.3 Å². The minimum absolute atomic E-state index is 0.118. The minimum Gasteiger partial charge on any atom is -0.370 e. The smallest absolute Gasteiger partial charge is 0.251 e. The summed E-state index contributed by atoms with van der Waals surface area (Å²) in [7, 11) is 1.63. The molecule has 0 atom stereocenters. The van der Waals surface area contributed by atoms with Gasteiger partial charge in [-0.05, 0) is 31.0 Å². The van der Waals surface area contributed by atoms with Crippen LogP contribution in [0, 0.1) is 6.92 Å². The Bertz CT molecular complexity index is 1210. The molecule has 4 aromatic rings. The molecular formula is C22H21N7O. The third kappa shape index (κ3) is 4.07. The molecule has 0 saturated heterocycles. The summed E-state index contributed by atoms with van der Waals surface area (Å²) < 4.78 is 0. The average Bonchev–Trinajstić information content (AvgIpc) is 2.78. The summed E-state index contributed by atoms with van der Waals surface area (Å²) in [5, 5.41) is 14.8. The summed E-state index contributed by atoms with van der Waals surface area (Å²) in [5.41, 5.74) is 5.04. The third-order valence-electron chi connectivity index (χ3n) is 4.77. The molecule has 0 spiro atoms. The average molecular weight is 399 g/mol. The zero-order valence-corrected chi connectivity index (χ0v) is 16.8. The van der Waals surface area contributed by atoms with Crippen LogP contribution in [0.4, 0.5) is 5.82 Å². The molecule has 0 aliphatic rings. The van der Waals surface area contributed by atoms with Crippen LogP contribution in [0.1, 0.15) is 21.6 Å². The Labute approximate surface area is 173 Å². The molecule has 0 fully saturated rings. The first-order valence-corrected chi connectivity index (χ1v) is 9.60. The lowest BCUT2D eigenvalue weighted by Crippen LogP contribution is -2.18. The molecule has 0 saturated carbocycles. The normalized spacial score (nSPS) is 10.7. The molecule has 8 nitrogen and oxygen atoms in total. The first kappa shape index (κ1) is 19.4. The number of fused-ring (bicyclic) bond motifs is 1. The van der Waals surface area contributed by atoms with Crippen molar-refractivity contribution in [1.29, 1.82) is 0 Å². The van der Waals surface area contributed by atoms with Crippen LogP contribution in [0.3, 0.4) is 0 Å². The summed E-state index contributed by atoms with van der Waals surface area (Å²) in [6.07, 6.45) is 5.62. The van der Waals surface area contributed by atoms with Crippen molar-refractivity contribution >= 4 is 22.6 Å². The highest BCUT2D eigenvalue weighted by Crippen LogP contribution is 2.21. The number of carbonyl (C=O) groups is 1. The molecule has 1 aromatic carbocycles. The maximum atomic E-state index is 12.1. The van der Waals surface area contributed by atoms with Gasteiger partial charge in [0.15, 0.2) is 0 Å². The first-order chi connectivity index (χ1) is 14.7. The van der Waals surface area contributed by atoms with Gasteiger partial charge in [-0.15, -0.1) is 0 Å². The summed E-state index contributed by atoms with van der Waals surface area (Å²) in [6.45, 7) is 2.56. The van der Waals surface area contributed by atoms with E-state index in [2.05, 4.69) is 35.8 Å². The van der Waals surface area contributed by atoms with Gasteiger partial charge in [0, 0.05) is 36.8 Å². The van der Waals surface area contributed by atoms with E-state index in [0.717, 1.165) is 45.7 Å². The number of carbonyl (C=O) groups excluding carboxylic acids is 1. The number of aromatic nitrogens is 5. The number of para-hydroxylation sites is 1. The van der Waals surface area contributed by atoms with Gasteiger partial charge in [-0.3, -0.25) is 9.78 Å². The van der Waals surface area contributed by atoms with Crippen molar-refractivity contribution in [1.82, 2.24) is 30.5 Å². The van der Waals surface area contributed by atoms with Crippen molar-refractivity contribution in [2.45, 2.75) is 13.3 Å². The molecule has 150 valence electrons. The minimum atomic E-state index is -0.118. The quantitative estimate of drug-likeness (QED) is 0.513. The van der Waals surface area contributed by atoms with Crippen molar-refractivity contribution < 1.29 is 4.79 Å². The molecule has 0 aliphatic carbocycles. The molecule has 0 unspecified atom stereocenters. The topological polar surface area (TPSA) is 106 Å². The van der Waals surface area contributed by atoms with Crippen molar-refractivity contribution in [2.24, 2.45) is 0 Å². The van der Waals surface area contributed by atoms with Gasteiger partial charge in [-0.2, -0.15) is 10.2 Å². The number of amides is 1. The van der Waals surface area contributed by atoms with E-state index in [-0.39, 0.29) is 5.91 Å². The zero-order chi connectivity index (χ0) is 20.9. The van der Waals surface area contributed by atoms with E-state index in [0.29, 0.717) is 12.1 Å². The molecular weight excluding hydrogens is 378 g/mol. The Morgan fingerprint density at radius 2 is 2.00 bits per heavy atom. The maximum Gasteiger partial charge on any atom is 0.251 e. The van der Waals surface area contributed by atoms with Crippen molar-refractivity contribution in [2.75, 3.05) is 18.9 Å². The van der Waals surface area contributed by atoms with Crippen LogP contribution in [-0.2, 0) is 6.42 Å². The molecule has 8 heteroatoms.